The molecule has 11 rings (SSSR count). The van der Waals surface area contributed by atoms with E-state index in [2.05, 4.69) is 242 Å². The van der Waals surface area contributed by atoms with E-state index in [1.807, 2.05) is 11.3 Å². The number of benzene rings is 7. The normalized spacial score (nSPS) is 15.9. The monoisotopic (exact) mass is 865 g/mol. The molecule has 0 bridgehead atoms. The maximum atomic E-state index is 2.67. The molecule has 0 N–H and O–H groups in total. The van der Waals surface area contributed by atoms with Crippen molar-refractivity contribution in [2.24, 2.45) is 0 Å². The minimum absolute atomic E-state index is 0.0294. The highest BCUT2D eigenvalue weighted by atomic mass is 32.1. The van der Waals surface area contributed by atoms with Gasteiger partial charge in [-0.1, -0.05) is 148 Å². The average molecular weight is 866 g/mol. The van der Waals surface area contributed by atoms with Crippen molar-refractivity contribution in [2.75, 3.05) is 14.7 Å². The van der Waals surface area contributed by atoms with Gasteiger partial charge in [-0.15, -0.1) is 11.3 Å². The van der Waals surface area contributed by atoms with E-state index in [9.17, 15) is 0 Å². The first-order chi connectivity index (χ1) is 31.0. The van der Waals surface area contributed by atoms with Gasteiger partial charge in [-0.25, -0.2) is 0 Å². The van der Waals surface area contributed by atoms with Gasteiger partial charge in [-0.05, 0) is 147 Å². The van der Waals surface area contributed by atoms with Crippen LogP contribution in [0.25, 0.3) is 10.1 Å². The summed E-state index contributed by atoms with van der Waals surface area (Å²) >= 11 is 1.97. The number of nitrogens with zero attached hydrogens (tertiary/aromatic N) is 3. The summed E-state index contributed by atoms with van der Waals surface area (Å²) in [5, 5.41) is 1.32. The molecular formula is C60H60BN3S. The van der Waals surface area contributed by atoms with Crippen LogP contribution in [0.15, 0.2) is 158 Å². The molecule has 2 aliphatic heterocycles. The van der Waals surface area contributed by atoms with Gasteiger partial charge in [-0.2, -0.15) is 0 Å². The van der Waals surface area contributed by atoms with Crippen LogP contribution in [0.4, 0.5) is 51.2 Å². The Morgan fingerprint density at radius 3 is 1.71 bits per heavy atom. The Labute approximate surface area is 391 Å². The molecule has 65 heavy (non-hydrogen) atoms. The molecule has 0 amide bonds. The molecule has 0 saturated carbocycles. The Bertz CT molecular complexity index is 3090. The third-order valence-electron chi connectivity index (χ3n) is 14.8. The number of hydrogen-bond donors (Lipinski definition) is 0. The molecule has 3 nitrogen and oxygen atoms in total. The summed E-state index contributed by atoms with van der Waals surface area (Å²) in [6, 6.07) is 60.0. The summed E-state index contributed by atoms with van der Waals surface area (Å²) in [6.45, 7) is 23.8. The minimum Gasteiger partial charge on any atom is -0.311 e. The first-order valence-electron chi connectivity index (χ1n) is 23.6. The molecule has 324 valence electrons. The third-order valence-corrected chi connectivity index (χ3v) is 16.0. The van der Waals surface area contributed by atoms with Gasteiger partial charge >= 0.3 is 0 Å². The fraction of sp³-hybridized carbons (Fsp3) is 0.267. The van der Waals surface area contributed by atoms with Gasteiger partial charge in [0.1, 0.15) is 0 Å². The van der Waals surface area contributed by atoms with E-state index in [-0.39, 0.29) is 28.4 Å². The predicted octanol–water partition coefficient (Wildman–Crippen LogP) is 15.4. The highest BCUT2D eigenvalue weighted by molar-refractivity contribution is 7.33. The molecule has 0 spiro atoms. The summed E-state index contributed by atoms with van der Waals surface area (Å²) in [6.07, 6.45) is 2.37. The van der Waals surface area contributed by atoms with Crippen LogP contribution >= 0.6 is 11.3 Å². The molecule has 3 heterocycles. The summed E-state index contributed by atoms with van der Waals surface area (Å²) in [5.74, 6) is 0. The fourth-order valence-corrected chi connectivity index (χ4v) is 12.3. The Morgan fingerprint density at radius 1 is 0.508 bits per heavy atom. The van der Waals surface area contributed by atoms with Crippen molar-refractivity contribution < 1.29 is 0 Å². The van der Waals surface area contributed by atoms with Crippen LogP contribution in [0.1, 0.15) is 104 Å². The van der Waals surface area contributed by atoms with Crippen LogP contribution in [0.3, 0.4) is 0 Å². The third kappa shape index (κ3) is 6.75. The van der Waals surface area contributed by atoms with Crippen LogP contribution in [-0.4, -0.2) is 6.71 Å². The lowest BCUT2D eigenvalue weighted by Gasteiger charge is -2.45. The lowest BCUT2D eigenvalue weighted by atomic mass is 9.36. The van der Waals surface area contributed by atoms with Gasteiger partial charge in [0.25, 0.3) is 6.71 Å². The van der Waals surface area contributed by atoms with Crippen LogP contribution in [-0.2, 0) is 21.7 Å². The molecule has 5 heteroatoms. The number of thiophene rings is 1. The van der Waals surface area contributed by atoms with Crippen molar-refractivity contribution >= 4 is 95.0 Å². The molecule has 0 atom stereocenters. The number of hydrogen-bond acceptors (Lipinski definition) is 4. The molecule has 8 aromatic rings. The zero-order chi connectivity index (χ0) is 45.2. The topological polar surface area (TPSA) is 9.72 Å². The van der Waals surface area contributed by atoms with E-state index in [1.165, 1.54) is 95.0 Å². The van der Waals surface area contributed by atoms with E-state index in [0.717, 1.165) is 17.1 Å². The largest absolute Gasteiger partial charge is 0.311 e. The molecule has 3 aliphatic rings. The Balaban J connectivity index is 1.23. The summed E-state index contributed by atoms with van der Waals surface area (Å²) < 4.78 is 2.73. The van der Waals surface area contributed by atoms with Crippen molar-refractivity contribution in [3.63, 3.8) is 0 Å². The predicted molar refractivity (Wildman–Crippen MR) is 283 cm³/mol. The van der Waals surface area contributed by atoms with Crippen molar-refractivity contribution in [3.05, 3.63) is 180 Å². The lowest BCUT2D eigenvalue weighted by molar-refractivity contribution is 0.332. The second-order valence-electron chi connectivity index (χ2n) is 22.1. The Morgan fingerprint density at radius 2 is 1.08 bits per heavy atom. The quantitative estimate of drug-likeness (QED) is 0.160. The van der Waals surface area contributed by atoms with Gasteiger partial charge in [0, 0.05) is 60.4 Å². The van der Waals surface area contributed by atoms with Crippen molar-refractivity contribution in [1.29, 1.82) is 0 Å². The second-order valence-corrected chi connectivity index (χ2v) is 23.2. The summed E-state index contributed by atoms with van der Waals surface area (Å²) in [5.41, 5.74) is 19.3. The standard InChI is InChI=1S/C60H60BN3S/c1-57(2,3)39-25-27-43(28-26-39)63-50-38-45(62(41-19-13-11-14-20-41)42-21-15-12-16-22-42)30-32-49(50)61-54-51(63)35-40(58(4,5)6)36-52(54)64(55-46-23-17-18-24-53(46)65-56(55)61)44-29-31-47-48(37-44)60(9,10)34-33-59(47,7)8/h11-32,35-38H,33-34H2,1-10H3. The zero-order valence-corrected chi connectivity index (χ0v) is 40.6. The molecule has 1 aliphatic carbocycles. The van der Waals surface area contributed by atoms with E-state index >= 15 is 0 Å². The molecular weight excluding hydrogens is 806 g/mol. The number of anilines is 9. The average Bonchev–Trinajstić information content (AvgIpc) is 3.67. The van der Waals surface area contributed by atoms with E-state index in [1.54, 1.807) is 0 Å². The van der Waals surface area contributed by atoms with Gasteiger partial charge in [-0.3, -0.25) is 0 Å². The van der Waals surface area contributed by atoms with Gasteiger partial charge in [0.15, 0.2) is 0 Å². The maximum absolute atomic E-state index is 2.67. The van der Waals surface area contributed by atoms with Crippen LogP contribution < -0.4 is 30.4 Å². The summed E-state index contributed by atoms with van der Waals surface area (Å²) in [7, 11) is 0. The zero-order valence-electron chi connectivity index (χ0n) is 39.8. The fourth-order valence-electron chi connectivity index (χ4n) is 11.0. The van der Waals surface area contributed by atoms with Crippen molar-refractivity contribution in [2.45, 2.75) is 104 Å². The van der Waals surface area contributed by atoms with Crippen LogP contribution in [0, 0.1) is 0 Å². The second kappa shape index (κ2) is 14.7. The summed E-state index contributed by atoms with van der Waals surface area (Å²) in [4.78, 5) is 7.67. The van der Waals surface area contributed by atoms with Crippen LogP contribution in [0.5, 0.6) is 0 Å². The van der Waals surface area contributed by atoms with Gasteiger partial charge in [0.05, 0.1) is 5.69 Å². The van der Waals surface area contributed by atoms with Crippen LogP contribution in [0.2, 0.25) is 0 Å². The van der Waals surface area contributed by atoms with E-state index in [0.29, 0.717) is 0 Å². The molecule has 0 fully saturated rings. The Hall–Kier alpha value is -6.04. The highest BCUT2D eigenvalue weighted by Crippen LogP contribution is 2.53. The number of rotatable bonds is 5. The number of fused-ring (bicyclic) bond motifs is 7. The molecule has 0 radical (unpaired) electrons. The van der Waals surface area contributed by atoms with E-state index < -0.39 is 0 Å². The van der Waals surface area contributed by atoms with E-state index in [4.69, 9.17) is 0 Å². The highest BCUT2D eigenvalue weighted by Gasteiger charge is 2.47. The SMILES string of the molecule is CC(C)(C)c1ccc(N2c3cc(N(c4ccccc4)c4ccccc4)ccc3B3c4sc5ccccc5c4N(c4ccc5c(c4)C(C)(C)CCC5(C)C)c4cc(C(C)(C)C)cc2c43)cc1. The first kappa shape index (κ1) is 41.7. The minimum atomic E-state index is -0.118. The van der Waals surface area contributed by atoms with Gasteiger partial charge < -0.3 is 14.7 Å². The number of para-hydroxylation sites is 2. The lowest BCUT2D eigenvalue weighted by Crippen LogP contribution is -2.60. The molecule has 7 aromatic carbocycles. The molecule has 1 aromatic heterocycles. The van der Waals surface area contributed by atoms with Gasteiger partial charge in [0.2, 0.25) is 0 Å². The smallest absolute Gasteiger partial charge is 0.264 e. The maximum Gasteiger partial charge on any atom is 0.264 e. The first-order valence-corrected chi connectivity index (χ1v) is 24.4. The van der Waals surface area contributed by atoms with Crippen molar-refractivity contribution in [1.82, 2.24) is 0 Å². The van der Waals surface area contributed by atoms with Crippen molar-refractivity contribution in [3.8, 4) is 0 Å². The molecule has 0 unspecified atom stereocenters. The Kier molecular flexibility index (Phi) is 9.45. The molecule has 0 saturated heterocycles.